The molecule has 0 saturated heterocycles. The maximum absolute atomic E-state index is 11.7. The second-order valence-corrected chi connectivity index (χ2v) is 6.74. The Hall–Kier alpha value is -1.62. The fourth-order valence-corrected chi connectivity index (χ4v) is 1.94. The van der Waals surface area contributed by atoms with Crippen LogP contribution in [0.3, 0.4) is 0 Å². The highest BCUT2D eigenvalue weighted by Crippen LogP contribution is 2.21. The molecule has 0 radical (unpaired) electrons. The zero-order valence-corrected chi connectivity index (χ0v) is 15.6. The SMILES string of the molecule is CCC(C)(C)C(=O)OCCOC(=O)/C=C/c1ccc(C)c(Br)c1. The number of ether oxygens (including phenoxy) is 2. The zero-order valence-electron chi connectivity index (χ0n) is 14.0. The molecule has 0 saturated carbocycles. The van der Waals surface area contributed by atoms with Crippen molar-refractivity contribution in [3.8, 4) is 0 Å². The number of esters is 2. The molecule has 0 aliphatic carbocycles. The van der Waals surface area contributed by atoms with E-state index in [1.165, 1.54) is 6.08 Å². The molecule has 1 rings (SSSR count). The first-order valence-corrected chi connectivity index (χ1v) is 8.34. The van der Waals surface area contributed by atoms with Crippen LogP contribution in [0.15, 0.2) is 28.7 Å². The minimum atomic E-state index is -0.511. The van der Waals surface area contributed by atoms with Crippen molar-refractivity contribution in [1.29, 1.82) is 0 Å². The number of aryl methyl sites for hydroxylation is 1. The summed E-state index contributed by atoms with van der Waals surface area (Å²) in [4.78, 5) is 23.3. The van der Waals surface area contributed by atoms with Crippen LogP contribution in [0, 0.1) is 12.3 Å². The molecule has 0 spiro atoms. The summed E-state index contributed by atoms with van der Waals surface area (Å²) in [6.45, 7) is 7.68. The number of benzene rings is 1. The summed E-state index contributed by atoms with van der Waals surface area (Å²) in [5, 5.41) is 0. The summed E-state index contributed by atoms with van der Waals surface area (Å²) in [7, 11) is 0. The Labute approximate surface area is 146 Å². The van der Waals surface area contributed by atoms with Crippen molar-refractivity contribution in [3.05, 3.63) is 39.9 Å². The smallest absolute Gasteiger partial charge is 0.330 e. The summed E-state index contributed by atoms with van der Waals surface area (Å²) < 4.78 is 11.1. The fourth-order valence-electron chi connectivity index (χ4n) is 1.54. The molecule has 0 aromatic heterocycles. The molecular formula is C18H23BrO4. The molecule has 5 heteroatoms. The van der Waals surface area contributed by atoms with Gasteiger partial charge in [-0.2, -0.15) is 0 Å². The molecule has 4 nitrogen and oxygen atoms in total. The molecule has 0 aliphatic rings. The number of hydrogen-bond acceptors (Lipinski definition) is 4. The van der Waals surface area contributed by atoms with Gasteiger partial charge in [-0.3, -0.25) is 4.79 Å². The van der Waals surface area contributed by atoms with Gasteiger partial charge in [-0.05, 0) is 50.5 Å². The van der Waals surface area contributed by atoms with E-state index in [2.05, 4.69) is 15.9 Å². The maximum atomic E-state index is 11.7. The third-order valence-electron chi connectivity index (χ3n) is 3.61. The second-order valence-electron chi connectivity index (χ2n) is 5.88. The minimum absolute atomic E-state index is 0.0479. The van der Waals surface area contributed by atoms with Gasteiger partial charge in [-0.25, -0.2) is 4.79 Å². The number of carbonyl (C=O) groups is 2. The molecule has 0 amide bonds. The number of hydrogen-bond donors (Lipinski definition) is 0. The van der Waals surface area contributed by atoms with Gasteiger partial charge in [0.1, 0.15) is 13.2 Å². The van der Waals surface area contributed by atoms with Gasteiger partial charge in [0, 0.05) is 10.5 Å². The molecule has 0 heterocycles. The lowest BCUT2D eigenvalue weighted by Crippen LogP contribution is -2.27. The predicted molar refractivity (Wildman–Crippen MR) is 93.9 cm³/mol. The third-order valence-corrected chi connectivity index (χ3v) is 4.46. The second kappa shape index (κ2) is 8.87. The van der Waals surface area contributed by atoms with E-state index in [0.29, 0.717) is 6.42 Å². The zero-order chi connectivity index (χ0) is 17.5. The largest absolute Gasteiger partial charge is 0.462 e. The van der Waals surface area contributed by atoms with Crippen molar-refractivity contribution in [2.24, 2.45) is 5.41 Å². The quantitative estimate of drug-likeness (QED) is 0.400. The molecule has 0 aliphatic heterocycles. The molecule has 0 fully saturated rings. The van der Waals surface area contributed by atoms with Crippen LogP contribution in [-0.4, -0.2) is 25.2 Å². The Bertz CT molecular complexity index is 591. The third kappa shape index (κ3) is 6.57. The van der Waals surface area contributed by atoms with E-state index in [9.17, 15) is 9.59 Å². The molecule has 126 valence electrons. The average Bonchev–Trinajstić information content (AvgIpc) is 2.52. The van der Waals surface area contributed by atoms with Crippen LogP contribution in [0.25, 0.3) is 6.08 Å². The first-order valence-electron chi connectivity index (χ1n) is 7.54. The Kier molecular flexibility index (Phi) is 7.49. The van der Waals surface area contributed by atoms with E-state index in [-0.39, 0.29) is 19.2 Å². The first kappa shape index (κ1) is 19.4. The maximum Gasteiger partial charge on any atom is 0.330 e. The van der Waals surface area contributed by atoms with Crippen molar-refractivity contribution in [3.63, 3.8) is 0 Å². The lowest BCUT2D eigenvalue weighted by Gasteiger charge is -2.20. The van der Waals surface area contributed by atoms with E-state index < -0.39 is 11.4 Å². The van der Waals surface area contributed by atoms with Crippen molar-refractivity contribution < 1.29 is 19.1 Å². The highest BCUT2D eigenvalue weighted by Gasteiger charge is 2.26. The molecule has 0 unspecified atom stereocenters. The van der Waals surface area contributed by atoms with E-state index in [0.717, 1.165) is 15.6 Å². The molecule has 0 N–H and O–H groups in total. The van der Waals surface area contributed by atoms with Crippen LogP contribution in [0.2, 0.25) is 0 Å². The molecule has 0 bridgehead atoms. The van der Waals surface area contributed by atoms with Gasteiger partial charge in [0.05, 0.1) is 5.41 Å². The van der Waals surface area contributed by atoms with Gasteiger partial charge in [-0.15, -0.1) is 0 Å². The van der Waals surface area contributed by atoms with Gasteiger partial charge < -0.3 is 9.47 Å². The Morgan fingerprint density at radius 3 is 2.48 bits per heavy atom. The van der Waals surface area contributed by atoms with Crippen molar-refractivity contribution in [1.82, 2.24) is 0 Å². The van der Waals surface area contributed by atoms with Crippen LogP contribution in [0.4, 0.5) is 0 Å². The number of halogens is 1. The monoisotopic (exact) mass is 382 g/mol. The molecule has 1 aromatic carbocycles. The van der Waals surface area contributed by atoms with Crippen LogP contribution in [-0.2, 0) is 19.1 Å². The highest BCUT2D eigenvalue weighted by atomic mass is 79.9. The number of carbonyl (C=O) groups excluding carboxylic acids is 2. The molecule has 0 atom stereocenters. The average molecular weight is 383 g/mol. The van der Waals surface area contributed by atoms with E-state index in [4.69, 9.17) is 9.47 Å². The van der Waals surface area contributed by atoms with Gasteiger partial charge >= 0.3 is 11.9 Å². The van der Waals surface area contributed by atoms with Crippen LogP contribution >= 0.6 is 15.9 Å². The first-order chi connectivity index (χ1) is 10.8. The van der Waals surface area contributed by atoms with Gasteiger partial charge in [0.15, 0.2) is 0 Å². The summed E-state index contributed by atoms with van der Waals surface area (Å²) in [5.74, 6) is -0.747. The summed E-state index contributed by atoms with van der Waals surface area (Å²) in [6, 6.07) is 5.80. The Morgan fingerprint density at radius 2 is 1.87 bits per heavy atom. The fraction of sp³-hybridized carbons (Fsp3) is 0.444. The molecule has 1 aromatic rings. The van der Waals surface area contributed by atoms with Crippen molar-refractivity contribution in [2.75, 3.05) is 13.2 Å². The van der Waals surface area contributed by atoms with E-state index in [1.54, 1.807) is 6.08 Å². The Morgan fingerprint density at radius 1 is 1.22 bits per heavy atom. The minimum Gasteiger partial charge on any atom is -0.462 e. The van der Waals surface area contributed by atoms with Gasteiger partial charge in [-0.1, -0.05) is 35.0 Å². The summed E-state index contributed by atoms with van der Waals surface area (Å²) in [6.07, 6.45) is 3.73. The van der Waals surface area contributed by atoms with Crippen molar-refractivity contribution >= 4 is 33.9 Å². The summed E-state index contributed by atoms with van der Waals surface area (Å²) in [5.41, 5.74) is 1.51. The van der Waals surface area contributed by atoms with Gasteiger partial charge in [0.2, 0.25) is 0 Å². The Balaban J connectivity index is 2.36. The van der Waals surface area contributed by atoms with Crippen molar-refractivity contribution in [2.45, 2.75) is 34.1 Å². The van der Waals surface area contributed by atoms with Crippen LogP contribution < -0.4 is 0 Å². The van der Waals surface area contributed by atoms with Gasteiger partial charge in [0.25, 0.3) is 0 Å². The normalized spacial score (nSPS) is 11.5. The highest BCUT2D eigenvalue weighted by molar-refractivity contribution is 9.10. The van der Waals surface area contributed by atoms with E-state index >= 15 is 0 Å². The molecular weight excluding hydrogens is 360 g/mol. The topological polar surface area (TPSA) is 52.6 Å². The van der Waals surface area contributed by atoms with Crippen LogP contribution in [0.5, 0.6) is 0 Å². The number of rotatable bonds is 7. The standard InChI is InChI=1S/C18H23BrO4/c1-5-18(3,4)17(21)23-11-10-22-16(20)9-8-14-7-6-13(2)15(19)12-14/h6-9,12H,5,10-11H2,1-4H3/b9-8+. The summed E-state index contributed by atoms with van der Waals surface area (Å²) >= 11 is 3.44. The lowest BCUT2D eigenvalue weighted by molar-refractivity contribution is -0.157. The van der Waals surface area contributed by atoms with E-state index in [1.807, 2.05) is 45.9 Å². The molecule has 23 heavy (non-hydrogen) atoms. The van der Waals surface area contributed by atoms with Crippen LogP contribution in [0.1, 0.15) is 38.3 Å². The predicted octanol–water partition coefficient (Wildman–Crippen LogP) is 4.29. The lowest BCUT2D eigenvalue weighted by atomic mass is 9.91.